The van der Waals surface area contributed by atoms with Gasteiger partial charge in [0.2, 0.25) is 11.8 Å². The number of benzene rings is 1. The molecule has 0 bridgehead atoms. The molecule has 136 valence electrons. The summed E-state index contributed by atoms with van der Waals surface area (Å²) in [6, 6.07) is 8.12. The Morgan fingerprint density at radius 2 is 1.88 bits per heavy atom. The van der Waals surface area contributed by atoms with E-state index in [1.807, 2.05) is 28.0 Å². The molecule has 0 aromatic heterocycles. The molecule has 2 aliphatic heterocycles. The van der Waals surface area contributed by atoms with E-state index in [1.54, 1.807) is 0 Å². The van der Waals surface area contributed by atoms with Gasteiger partial charge in [0, 0.05) is 44.8 Å². The Kier molecular flexibility index (Phi) is 5.42. The van der Waals surface area contributed by atoms with Gasteiger partial charge in [-0.1, -0.05) is 32.0 Å². The van der Waals surface area contributed by atoms with Crippen molar-refractivity contribution in [3.63, 3.8) is 0 Å². The highest BCUT2D eigenvalue weighted by molar-refractivity contribution is 6.00. The van der Waals surface area contributed by atoms with Gasteiger partial charge in [-0.3, -0.25) is 9.59 Å². The molecule has 2 saturated heterocycles. The van der Waals surface area contributed by atoms with Crippen molar-refractivity contribution in [2.24, 2.45) is 5.92 Å². The molecule has 2 fully saturated rings. The van der Waals surface area contributed by atoms with Gasteiger partial charge in [0.1, 0.15) is 0 Å². The number of anilines is 1. The molecular weight excluding hydrogens is 314 g/mol. The molecule has 5 heteroatoms. The Balaban J connectivity index is 1.74. The van der Waals surface area contributed by atoms with Crippen LogP contribution in [0.15, 0.2) is 24.3 Å². The van der Waals surface area contributed by atoms with E-state index in [2.05, 4.69) is 31.9 Å². The van der Waals surface area contributed by atoms with Crippen molar-refractivity contribution in [3.8, 4) is 0 Å². The van der Waals surface area contributed by atoms with Crippen LogP contribution in [0.2, 0.25) is 0 Å². The lowest BCUT2D eigenvalue weighted by Crippen LogP contribution is -2.49. The van der Waals surface area contributed by atoms with Crippen LogP contribution >= 0.6 is 0 Å². The molecule has 2 aliphatic rings. The van der Waals surface area contributed by atoms with Gasteiger partial charge in [-0.05, 0) is 31.0 Å². The van der Waals surface area contributed by atoms with Gasteiger partial charge < -0.3 is 14.7 Å². The molecule has 0 N–H and O–H groups in total. The van der Waals surface area contributed by atoms with Gasteiger partial charge >= 0.3 is 0 Å². The third-order valence-electron chi connectivity index (χ3n) is 5.66. The summed E-state index contributed by atoms with van der Waals surface area (Å²) in [6.45, 7) is 8.21. The number of likely N-dealkylation sites (N-methyl/N-ethyl adjacent to an activating group) is 1. The number of hydrogen-bond acceptors (Lipinski definition) is 3. The average Bonchev–Trinajstić information content (AvgIpc) is 3.02. The van der Waals surface area contributed by atoms with Gasteiger partial charge in [0.15, 0.2) is 0 Å². The van der Waals surface area contributed by atoms with E-state index in [-0.39, 0.29) is 17.7 Å². The second kappa shape index (κ2) is 7.56. The van der Waals surface area contributed by atoms with Crippen molar-refractivity contribution < 1.29 is 9.59 Å². The van der Waals surface area contributed by atoms with Crippen LogP contribution in [0.3, 0.4) is 0 Å². The first-order chi connectivity index (χ1) is 12.0. The minimum Gasteiger partial charge on any atom is -0.340 e. The van der Waals surface area contributed by atoms with Crippen LogP contribution in [0, 0.1) is 5.92 Å². The number of para-hydroxylation sites is 1. The smallest absolute Gasteiger partial charge is 0.228 e. The van der Waals surface area contributed by atoms with Crippen molar-refractivity contribution in [3.05, 3.63) is 29.8 Å². The number of carbonyl (C=O) groups excluding carboxylic acids is 2. The Labute approximate surface area is 150 Å². The predicted molar refractivity (Wildman–Crippen MR) is 99.7 cm³/mol. The zero-order valence-electron chi connectivity index (χ0n) is 15.6. The maximum Gasteiger partial charge on any atom is 0.228 e. The van der Waals surface area contributed by atoms with Gasteiger partial charge in [0.25, 0.3) is 0 Å². The third kappa shape index (κ3) is 3.71. The maximum absolute atomic E-state index is 12.8. The second-order valence-electron chi connectivity index (χ2n) is 7.40. The fraction of sp³-hybridized carbons (Fsp3) is 0.600. The maximum atomic E-state index is 12.8. The minimum absolute atomic E-state index is 0.0724. The second-order valence-corrected chi connectivity index (χ2v) is 7.40. The summed E-state index contributed by atoms with van der Waals surface area (Å²) in [5.41, 5.74) is 2.18. The molecule has 0 saturated carbocycles. The van der Waals surface area contributed by atoms with Crippen LogP contribution in [0.25, 0.3) is 0 Å². The summed E-state index contributed by atoms with van der Waals surface area (Å²) < 4.78 is 0. The SMILES string of the molecule is CCC(C)c1ccccc1N1CC(C(=O)N2CCN(C)CC2)CC1=O. The van der Waals surface area contributed by atoms with E-state index < -0.39 is 0 Å². The van der Waals surface area contributed by atoms with Crippen LogP contribution < -0.4 is 4.90 Å². The lowest BCUT2D eigenvalue weighted by atomic mass is 9.96. The van der Waals surface area contributed by atoms with E-state index in [0.717, 1.165) is 38.3 Å². The molecule has 2 heterocycles. The number of piperazine rings is 1. The van der Waals surface area contributed by atoms with Crippen molar-refractivity contribution in [1.82, 2.24) is 9.80 Å². The van der Waals surface area contributed by atoms with Crippen LogP contribution in [0.1, 0.15) is 38.2 Å². The largest absolute Gasteiger partial charge is 0.340 e. The van der Waals surface area contributed by atoms with E-state index in [9.17, 15) is 9.59 Å². The standard InChI is InChI=1S/C20H29N3O2/c1-4-15(2)17-7-5-6-8-18(17)23-14-16(13-19(23)24)20(25)22-11-9-21(3)10-12-22/h5-8,15-16H,4,9-14H2,1-3H3. The Morgan fingerprint density at radius 1 is 1.20 bits per heavy atom. The molecule has 5 nitrogen and oxygen atoms in total. The lowest BCUT2D eigenvalue weighted by Gasteiger charge is -2.33. The van der Waals surface area contributed by atoms with Gasteiger partial charge in [0.05, 0.1) is 5.92 Å². The number of hydrogen-bond donors (Lipinski definition) is 0. The van der Waals surface area contributed by atoms with Gasteiger partial charge in [-0.2, -0.15) is 0 Å². The quantitative estimate of drug-likeness (QED) is 0.843. The third-order valence-corrected chi connectivity index (χ3v) is 5.66. The van der Waals surface area contributed by atoms with Crippen LogP contribution in [0.5, 0.6) is 0 Å². The Hall–Kier alpha value is -1.88. The first kappa shape index (κ1) is 17.9. The molecular formula is C20H29N3O2. The van der Waals surface area contributed by atoms with E-state index >= 15 is 0 Å². The minimum atomic E-state index is -0.208. The van der Waals surface area contributed by atoms with E-state index in [0.29, 0.717) is 18.9 Å². The molecule has 1 aromatic rings. The number of amides is 2. The van der Waals surface area contributed by atoms with Crippen LogP contribution in [0.4, 0.5) is 5.69 Å². The highest BCUT2D eigenvalue weighted by Gasteiger charge is 2.38. The molecule has 3 rings (SSSR count). The fourth-order valence-electron chi connectivity index (χ4n) is 3.76. The predicted octanol–water partition coefficient (Wildman–Crippen LogP) is 2.33. The van der Waals surface area contributed by atoms with E-state index in [4.69, 9.17) is 0 Å². The van der Waals surface area contributed by atoms with Crippen LogP contribution in [-0.2, 0) is 9.59 Å². The highest BCUT2D eigenvalue weighted by Crippen LogP contribution is 2.33. The summed E-state index contributed by atoms with van der Waals surface area (Å²) in [4.78, 5) is 31.5. The summed E-state index contributed by atoms with van der Waals surface area (Å²) in [5.74, 6) is 0.408. The van der Waals surface area contributed by atoms with Crippen molar-refractivity contribution in [2.75, 3.05) is 44.7 Å². The number of nitrogens with zero attached hydrogens (tertiary/aromatic N) is 3. The normalized spacial score (nSPS) is 23.2. The number of rotatable bonds is 4. The van der Waals surface area contributed by atoms with Crippen molar-refractivity contribution in [1.29, 1.82) is 0 Å². The molecule has 0 radical (unpaired) electrons. The first-order valence-electron chi connectivity index (χ1n) is 9.37. The molecule has 2 unspecified atom stereocenters. The summed E-state index contributed by atoms with van der Waals surface area (Å²) in [5, 5.41) is 0. The van der Waals surface area contributed by atoms with Crippen molar-refractivity contribution in [2.45, 2.75) is 32.6 Å². The van der Waals surface area contributed by atoms with Gasteiger partial charge in [-0.15, -0.1) is 0 Å². The molecule has 0 aliphatic carbocycles. The van der Waals surface area contributed by atoms with Crippen LogP contribution in [-0.4, -0.2) is 61.4 Å². The zero-order valence-corrected chi connectivity index (χ0v) is 15.6. The zero-order chi connectivity index (χ0) is 18.0. The first-order valence-corrected chi connectivity index (χ1v) is 9.37. The topological polar surface area (TPSA) is 43.9 Å². The Morgan fingerprint density at radius 3 is 2.56 bits per heavy atom. The Bertz CT molecular complexity index is 638. The summed E-state index contributed by atoms with van der Waals surface area (Å²) in [7, 11) is 2.08. The fourth-order valence-corrected chi connectivity index (χ4v) is 3.76. The summed E-state index contributed by atoms with van der Waals surface area (Å²) in [6.07, 6.45) is 1.36. The molecule has 2 atom stereocenters. The average molecular weight is 343 g/mol. The highest BCUT2D eigenvalue weighted by atomic mass is 16.2. The number of carbonyl (C=O) groups is 2. The van der Waals surface area contributed by atoms with E-state index in [1.165, 1.54) is 5.56 Å². The monoisotopic (exact) mass is 343 g/mol. The molecule has 25 heavy (non-hydrogen) atoms. The lowest BCUT2D eigenvalue weighted by molar-refractivity contribution is -0.137. The molecule has 0 spiro atoms. The molecule has 1 aromatic carbocycles. The van der Waals surface area contributed by atoms with Gasteiger partial charge in [-0.25, -0.2) is 0 Å². The molecule has 2 amide bonds. The van der Waals surface area contributed by atoms with Crippen molar-refractivity contribution >= 4 is 17.5 Å². The summed E-state index contributed by atoms with van der Waals surface area (Å²) >= 11 is 0.